The number of nitrogens with zero attached hydrogens (tertiary/aromatic N) is 1. The fourth-order valence-electron chi connectivity index (χ4n) is 0.866. The minimum absolute atomic E-state index is 0.522. The van der Waals surface area contributed by atoms with Crippen LogP contribution in [0.15, 0.2) is 0 Å². The summed E-state index contributed by atoms with van der Waals surface area (Å²) in [6.07, 6.45) is -1.40. The third-order valence-corrected chi connectivity index (χ3v) is 2.55. The lowest BCUT2D eigenvalue weighted by Crippen LogP contribution is -2.54. The van der Waals surface area contributed by atoms with Crippen molar-refractivity contribution < 1.29 is 39.4 Å². The molecule has 1 atom stereocenters. The molecule has 0 fully saturated rings. The molecule has 0 aliphatic carbocycles. The van der Waals surface area contributed by atoms with E-state index in [1.165, 1.54) is 0 Å². The minimum atomic E-state index is -4.81. The topological polar surface area (TPSA) is 156 Å². The van der Waals surface area contributed by atoms with E-state index >= 15 is 0 Å². The highest BCUT2D eigenvalue weighted by Crippen LogP contribution is 2.38. The predicted octanol–water partition coefficient (Wildman–Crippen LogP) is -2.35. The monoisotopic (exact) mass is 257 g/mol. The van der Waals surface area contributed by atoms with Crippen molar-refractivity contribution in [1.82, 2.24) is 5.06 Å². The highest BCUT2D eigenvalue weighted by molar-refractivity contribution is 7.51. The van der Waals surface area contributed by atoms with Crippen LogP contribution in [0.2, 0.25) is 0 Å². The zero-order valence-corrected chi connectivity index (χ0v) is 9.16. The van der Waals surface area contributed by atoms with Gasteiger partial charge in [0.05, 0.1) is 12.8 Å². The third-order valence-electron chi connectivity index (χ3n) is 1.62. The van der Waals surface area contributed by atoms with Crippen molar-refractivity contribution >= 4 is 19.4 Å². The van der Waals surface area contributed by atoms with Crippen LogP contribution in [0.3, 0.4) is 0 Å². The van der Waals surface area contributed by atoms with Gasteiger partial charge in [-0.2, -0.15) is 5.06 Å². The van der Waals surface area contributed by atoms with E-state index < -0.39 is 42.8 Å². The summed E-state index contributed by atoms with van der Waals surface area (Å²) in [4.78, 5) is 38.9. The number of carbonyl (C=O) groups is 2. The third kappa shape index (κ3) is 3.97. The number of hydroxylamine groups is 2. The second-order valence-corrected chi connectivity index (χ2v) is 4.79. The lowest BCUT2D eigenvalue weighted by molar-refractivity contribution is -0.192. The second kappa shape index (κ2) is 5.00. The molecule has 0 aliphatic heterocycles. The fraction of sp³-hybridized carbons (Fsp3) is 0.667. The Morgan fingerprint density at radius 2 is 1.81 bits per heavy atom. The molecule has 0 spiro atoms. The van der Waals surface area contributed by atoms with Gasteiger partial charge in [0.15, 0.2) is 5.60 Å². The first kappa shape index (κ1) is 15.2. The Labute approximate surface area is 90.0 Å². The molecule has 0 aromatic heterocycles. The molecule has 0 heterocycles. The molecule has 16 heavy (non-hydrogen) atoms. The summed E-state index contributed by atoms with van der Waals surface area (Å²) >= 11 is 0. The van der Waals surface area contributed by atoms with Gasteiger partial charge < -0.3 is 20.0 Å². The SMILES string of the molecule is CC(=O)N(O)C(=O)C(O)(CO)CP(=O)(O)O. The molecule has 0 aromatic carbocycles. The normalized spacial score (nSPS) is 15.4. The highest BCUT2D eigenvalue weighted by Gasteiger charge is 2.45. The number of amides is 2. The van der Waals surface area contributed by atoms with E-state index in [0.29, 0.717) is 0 Å². The smallest absolute Gasteiger partial charge is 0.329 e. The Kier molecular flexibility index (Phi) is 4.74. The van der Waals surface area contributed by atoms with Crippen molar-refractivity contribution in [3.63, 3.8) is 0 Å². The van der Waals surface area contributed by atoms with Gasteiger partial charge in [-0.15, -0.1) is 0 Å². The maximum absolute atomic E-state index is 11.2. The quantitative estimate of drug-likeness (QED) is 0.213. The van der Waals surface area contributed by atoms with Crippen molar-refractivity contribution in [2.75, 3.05) is 12.8 Å². The Morgan fingerprint density at radius 3 is 2.06 bits per heavy atom. The number of aliphatic hydroxyl groups excluding tert-OH is 1. The van der Waals surface area contributed by atoms with Gasteiger partial charge in [-0.1, -0.05) is 0 Å². The average Bonchev–Trinajstić information content (AvgIpc) is 2.12. The lowest BCUT2D eigenvalue weighted by Gasteiger charge is -2.26. The molecule has 5 N–H and O–H groups in total. The summed E-state index contributed by atoms with van der Waals surface area (Å²) in [5.41, 5.74) is -2.90. The highest BCUT2D eigenvalue weighted by atomic mass is 31.2. The van der Waals surface area contributed by atoms with Crippen LogP contribution in [-0.2, 0) is 14.2 Å². The van der Waals surface area contributed by atoms with Crippen LogP contribution in [0.4, 0.5) is 0 Å². The number of hydrogen-bond acceptors (Lipinski definition) is 6. The molecular weight excluding hydrogens is 245 g/mol. The van der Waals surface area contributed by atoms with Crippen molar-refractivity contribution in [1.29, 1.82) is 0 Å². The summed E-state index contributed by atoms with van der Waals surface area (Å²) < 4.78 is 10.6. The summed E-state index contributed by atoms with van der Waals surface area (Å²) in [6.45, 7) is -0.561. The van der Waals surface area contributed by atoms with Crippen LogP contribution in [0.5, 0.6) is 0 Å². The van der Waals surface area contributed by atoms with Gasteiger partial charge in [-0.05, 0) is 0 Å². The molecule has 0 aliphatic rings. The van der Waals surface area contributed by atoms with Crippen LogP contribution in [0.1, 0.15) is 6.92 Å². The van der Waals surface area contributed by atoms with Gasteiger partial charge in [0.25, 0.3) is 5.91 Å². The molecule has 0 radical (unpaired) electrons. The van der Waals surface area contributed by atoms with Crippen molar-refractivity contribution in [3.05, 3.63) is 0 Å². The number of hydrogen-bond donors (Lipinski definition) is 5. The van der Waals surface area contributed by atoms with Crippen LogP contribution in [-0.4, -0.2) is 60.5 Å². The molecule has 9 nitrogen and oxygen atoms in total. The molecule has 0 aromatic rings. The van der Waals surface area contributed by atoms with E-state index in [4.69, 9.17) is 20.1 Å². The summed E-state index contributed by atoms with van der Waals surface area (Å²) in [7, 11) is -4.81. The van der Waals surface area contributed by atoms with Gasteiger partial charge in [-0.3, -0.25) is 19.4 Å². The van der Waals surface area contributed by atoms with Crippen LogP contribution >= 0.6 is 7.60 Å². The fourth-order valence-corrected chi connectivity index (χ4v) is 1.78. The molecule has 2 amide bonds. The van der Waals surface area contributed by atoms with E-state index in [-0.39, 0.29) is 0 Å². The van der Waals surface area contributed by atoms with Gasteiger partial charge in [0, 0.05) is 6.92 Å². The van der Waals surface area contributed by atoms with Crippen LogP contribution in [0.25, 0.3) is 0 Å². The van der Waals surface area contributed by atoms with Gasteiger partial charge in [-0.25, -0.2) is 0 Å². The predicted molar refractivity (Wildman–Crippen MR) is 48.3 cm³/mol. The first-order valence-electron chi connectivity index (χ1n) is 3.95. The Morgan fingerprint density at radius 1 is 1.38 bits per heavy atom. The second-order valence-electron chi connectivity index (χ2n) is 3.15. The average molecular weight is 257 g/mol. The van der Waals surface area contributed by atoms with Crippen molar-refractivity contribution in [2.45, 2.75) is 12.5 Å². The van der Waals surface area contributed by atoms with Gasteiger partial charge in [0.1, 0.15) is 0 Å². The Balaban J connectivity index is 5.04. The van der Waals surface area contributed by atoms with Crippen molar-refractivity contribution in [3.8, 4) is 0 Å². The minimum Gasteiger partial charge on any atom is -0.393 e. The maximum Gasteiger partial charge on any atom is 0.329 e. The Bertz CT molecular complexity index is 337. The molecule has 0 saturated heterocycles. The summed E-state index contributed by atoms with van der Waals surface area (Å²) in [5, 5.41) is 26.4. The molecule has 1 unspecified atom stereocenters. The molecular formula is C6H12NO8P. The zero-order valence-electron chi connectivity index (χ0n) is 8.27. The van der Waals surface area contributed by atoms with Crippen molar-refractivity contribution in [2.24, 2.45) is 0 Å². The summed E-state index contributed by atoms with van der Waals surface area (Å²) in [6, 6.07) is 0. The lowest BCUT2D eigenvalue weighted by atomic mass is 10.1. The first-order valence-corrected chi connectivity index (χ1v) is 5.75. The van der Waals surface area contributed by atoms with E-state index in [1.807, 2.05) is 0 Å². The molecule has 10 heteroatoms. The molecule has 0 bridgehead atoms. The van der Waals surface area contributed by atoms with E-state index in [9.17, 15) is 19.3 Å². The van der Waals surface area contributed by atoms with Gasteiger partial charge in [0.2, 0.25) is 5.91 Å². The van der Waals surface area contributed by atoms with E-state index in [2.05, 4.69) is 0 Å². The molecule has 94 valence electrons. The number of imide groups is 1. The number of carbonyl (C=O) groups excluding carboxylic acids is 2. The first-order chi connectivity index (χ1) is 7.03. The number of rotatable bonds is 4. The maximum atomic E-state index is 11.2. The van der Waals surface area contributed by atoms with E-state index in [0.717, 1.165) is 6.92 Å². The summed E-state index contributed by atoms with van der Waals surface area (Å²) in [5.74, 6) is -2.87. The number of aliphatic hydroxyl groups is 2. The van der Waals surface area contributed by atoms with E-state index in [1.54, 1.807) is 0 Å². The molecule has 0 saturated carbocycles. The van der Waals surface area contributed by atoms with Crippen LogP contribution in [0, 0.1) is 0 Å². The van der Waals surface area contributed by atoms with Crippen LogP contribution < -0.4 is 0 Å². The zero-order chi connectivity index (χ0) is 13.1. The van der Waals surface area contributed by atoms with Gasteiger partial charge >= 0.3 is 7.60 Å². The molecule has 0 rings (SSSR count). The standard InChI is InChI=1S/C6H12NO8P/c1-4(9)7(12)5(10)6(11,2-8)3-16(13,14)15/h8,11-12H,2-3H2,1H3,(H2,13,14,15). The Hall–Kier alpha value is -0.830. The largest absolute Gasteiger partial charge is 0.393 e.